The summed E-state index contributed by atoms with van der Waals surface area (Å²) < 4.78 is 36.5. The zero-order chi connectivity index (χ0) is 24.8. The molecule has 0 aromatic heterocycles. The lowest BCUT2D eigenvalue weighted by Gasteiger charge is -2.34. The number of fused-ring (bicyclic) bond motifs is 1. The molecule has 0 radical (unpaired) electrons. The molecule has 36 heavy (non-hydrogen) atoms. The molecular formula is C29H48O7. The summed E-state index contributed by atoms with van der Waals surface area (Å²) in [4.78, 5) is 0. The van der Waals surface area contributed by atoms with Crippen molar-refractivity contribution in [2.24, 2.45) is 11.8 Å². The fourth-order valence-corrected chi connectivity index (χ4v) is 7.00. The maximum absolute atomic E-state index is 10.6. The first-order valence-corrected chi connectivity index (χ1v) is 14.8. The molecule has 7 nitrogen and oxygen atoms in total. The summed E-state index contributed by atoms with van der Waals surface area (Å²) in [6, 6.07) is 0. The van der Waals surface area contributed by atoms with Crippen molar-refractivity contribution in [1.82, 2.24) is 0 Å². The largest absolute Gasteiger partial charge is 0.389 e. The summed E-state index contributed by atoms with van der Waals surface area (Å²) in [5, 5.41) is 10.6. The van der Waals surface area contributed by atoms with E-state index in [9.17, 15) is 5.11 Å². The number of rotatable bonds is 11. The van der Waals surface area contributed by atoms with Gasteiger partial charge in [-0.1, -0.05) is 25.0 Å². The third-order valence-corrected chi connectivity index (χ3v) is 8.90. The number of aliphatic hydroxyl groups is 1. The highest BCUT2D eigenvalue weighted by molar-refractivity contribution is 5.02. The zero-order valence-electron chi connectivity index (χ0n) is 22.2. The van der Waals surface area contributed by atoms with Crippen LogP contribution in [0.25, 0.3) is 0 Å². The predicted octanol–water partition coefficient (Wildman–Crippen LogP) is 4.89. The second kappa shape index (κ2) is 13.0. The van der Waals surface area contributed by atoms with Crippen molar-refractivity contribution in [3.8, 4) is 0 Å². The van der Waals surface area contributed by atoms with E-state index in [1.165, 1.54) is 12.8 Å². The van der Waals surface area contributed by atoms with Crippen molar-refractivity contribution >= 4 is 0 Å². The van der Waals surface area contributed by atoms with Gasteiger partial charge in [-0.3, -0.25) is 0 Å². The molecule has 206 valence electrons. The monoisotopic (exact) mass is 508 g/mol. The normalized spacial score (nSPS) is 38.1. The molecule has 7 heteroatoms. The standard InChI is InChI=1S/C29H48O7/c1-21(35-28-10-4-5-15-32-28)7-2-3-8-23(30)12-14-26-27(9-6-16-31-26)36-25-13-11-22-19-29(20-24(22)25)33-17-18-34-29/h12,14,21-28,30H,2-11,13,15-20H2,1H3/t21?,22-,23?,24+,25-,26?,27+,28?/m0/s1. The van der Waals surface area contributed by atoms with Crippen LogP contribution in [0.4, 0.5) is 0 Å². The van der Waals surface area contributed by atoms with Crippen LogP contribution in [0.3, 0.4) is 0 Å². The van der Waals surface area contributed by atoms with E-state index in [-0.39, 0.29) is 36.5 Å². The smallest absolute Gasteiger partial charge is 0.169 e. The van der Waals surface area contributed by atoms with E-state index in [1.54, 1.807) is 0 Å². The SMILES string of the molecule is CC(CCCCC(O)C=CC1OCCC[C@H]1O[C@H]1CC[C@H]2CC3(C[C@H]21)OCCO3)OC1CCCCO1. The van der Waals surface area contributed by atoms with Gasteiger partial charge in [0.2, 0.25) is 0 Å². The maximum atomic E-state index is 10.6. The van der Waals surface area contributed by atoms with Gasteiger partial charge in [0.25, 0.3) is 0 Å². The molecule has 0 bridgehead atoms. The van der Waals surface area contributed by atoms with E-state index in [2.05, 4.69) is 6.92 Å². The van der Waals surface area contributed by atoms with Gasteiger partial charge < -0.3 is 33.5 Å². The molecular weight excluding hydrogens is 460 g/mol. The number of hydrogen-bond acceptors (Lipinski definition) is 7. The topological polar surface area (TPSA) is 75.6 Å². The highest BCUT2D eigenvalue weighted by Crippen LogP contribution is 2.53. The average molecular weight is 509 g/mol. The number of unbranched alkanes of at least 4 members (excludes halogenated alkanes) is 1. The number of hydrogen-bond donors (Lipinski definition) is 1. The Morgan fingerprint density at radius 1 is 0.889 bits per heavy atom. The Bertz CT molecular complexity index is 687. The summed E-state index contributed by atoms with van der Waals surface area (Å²) in [6.45, 7) is 5.15. The van der Waals surface area contributed by atoms with E-state index in [0.29, 0.717) is 11.8 Å². The molecule has 0 aromatic rings. The van der Waals surface area contributed by atoms with Crippen molar-refractivity contribution in [1.29, 1.82) is 0 Å². The Balaban J connectivity index is 1.02. The zero-order valence-corrected chi connectivity index (χ0v) is 22.2. The van der Waals surface area contributed by atoms with Crippen LogP contribution in [0.2, 0.25) is 0 Å². The van der Waals surface area contributed by atoms with Crippen LogP contribution in [0.15, 0.2) is 12.2 Å². The Morgan fingerprint density at radius 2 is 1.72 bits per heavy atom. The second-order valence-corrected chi connectivity index (χ2v) is 11.7. The van der Waals surface area contributed by atoms with Crippen molar-refractivity contribution < 1.29 is 33.5 Å². The highest BCUT2D eigenvalue weighted by atomic mass is 16.7. The van der Waals surface area contributed by atoms with Gasteiger partial charge in [-0.25, -0.2) is 0 Å². The third kappa shape index (κ3) is 7.10. The molecule has 8 atom stereocenters. The van der Waals surface area contributed by atoms with Gasteiger partial charge >= 0.3 is 0 Å². The van der Waals surface area contributed by atoms with Crippen LogP contribution < -0.4 is 0 Å². The molecule has 4 unspecified atom stereocenters. The molecule has 5 aliphatic rings. The van der Waals surface area contributed by atoms with Crippen LogP contribution in [-0.2, 0) is 28.4 Å². The lowest BCUT2D eigenvalue weighted by atomic mass is 9.98. The van der Waals surface area contributed by atoms with Crippen LogP contribution in [0.1, 0.15) is 90.4 Å². The Labute approximate surface area is 217 Å². The minimum Gasteiger partial charge on any atom is -0.389 e. The number of aliphatic hydroxyl groups excluding tert-OH is 1. The van der Waals surface area contributed by atoms with E-state index >= 15 is 0 Å². The number of ether oxygens (including phenoxy) is 6. The van der Waals surface area contributed by atoms with Crippen molar-refractivity contribution in [3.63, 3.8) is 0 Å². The third-order valence-electron chi connectivity index (χ3n) is 8.90. The molecule has 2 saturated carbocycles. The van der Waals surface area contributed by atoms with E-state index in [4.69, 9.17) is 28.4 Å². The maximum Gasteiger partial charge on any atom is 0.169 e. The minimum absolute atomic E-state index is 0.0257. The van der Waals surface area contributed by atoms with Gasteiger partial charge in [0.1, 0.15) is 6.10 Å². The van der Waals surface area contributed by atoms with Gasteiger partial charge in [-0.2, -0.15) is 0 Å². The minimum atomic E-state index is -0.448. The quantitative estimate of drug-likeness (QED) is 0.315. The highest BCUT2D eigenvalue weighted by Gasteiger charge is 2.54. The van der Waals surface area contributed by atoms with Crippen LogP contribution in [0, 0.1) is 11.8 Å². The second-order valence-electron chi connectivity index (χ2n) is 11.7. The Hall–Kier alpha value is -0.540. The van der Waals surface area contributed by atoms with E-state index in [0.717, 1.165) is 97.1 Å². The molecule has 2 aliphatic carbocycles. The summed E-state index contributed by atoms with van der Waals surface area (Å²) in [5.41, 5.74) is 0. The Kier molecular flexibility index (Phi) is 9.77. The predicted molar refractivity (Wildman–Crippen MR) is 135 cm³/mol. The summed E-state index contributed by atoms with van der Waals surface area (Å²) in [6.07, 6.45) is 17.4. The van der Waals surface area contributed by atoms with Gasteiger partial charge in [-0.05, 0) is 76.5 Å². The molecule has 3 aliphatic heterocycles. The molecule has 5 rings (SSSR count). The van der Waals surface area contributed by atoms with Crippen LogP contribution in [0.5, 0.6) is 0 Å². The first kappa shape index (κ1) is 27.0. The van der Waals surface area contributed by atoms with Gasteiger partial charge in [-0.15, -0.1) is 0 Å². The molecule has 0 amide bonds. The average Bonchev–Trinajstić information content (AvgIpc) is 3.60. The summed E-state index contributed by atoms with van der Waals surface area (Å²) in [5.74, 6) is 0.838. The van der Waals surface area contributed by atoms with E-state index < -0.39 is 6.10 Å². The summed E-state index contributed by atoms with van der Waals surface area (Å²) in [7, 11) is 0. The van der Waals surface area contributed by atoms with Gasteiger partial charge in [0.05, 0.1) is 37.6 Å². The van der Waals surface area contributed by atoms with Crippen molar-refractivity contribution in [3.05, 3.63) is 12.2 Å². The van der Waals surface area contributed by atoms with Crippen LogP contribution in [-0.4, -0.2) is 74.1 Å². The van der Waals surface area contributed by atoms with Gasteiger partial charge in [0, 0.05) is 26.1 Å². The van der Waals surface area contributed by atoms with Crippen LogP contribution >= 0.6 is 0 Å². The molecule has 1 spiro atoms. The Morgan fingerprint density at radius 3 is 2.56 bits per heavy atom. The summed E-state index contributed by atoms with van der Waals surface area (Å²) >= 11 is 0. The molecule has 1 N–H and O–H groups in total. The molecule has 3 heterocycles. The molecule has 5 fully saturated rings. The molecule has 0 aromatic carbocycles. The van der Waals surface area contributed by atoms with Gasteiger partial charge in [0.15, 0.2) is 12.1 Å². The van der Waals surface area contributed by atoms with E-state index in [1.807, 2.05) is 12.2 Å². The first-order valence-electron chi connectivity index (χ1n) is 14.8. The molecule has 3 saturated heterocycles. The fourth-order valence-electron chi connectivity index (χ4n) is 7.00. The lowest BCUT2D eigenvalue weighted by molar-refractivity contribution is -0.185. The van der Waals surface area contributed by atoms with Crippen molar-refractivity contribution in [2.45, 2.75) is 133 Å². The fraction of sp³-hybridized carbons (Fsp3) is 0.931. The lowest BCUT2D eigenvalue weighted by Crippen LogP contribution is -2.39. The van der Waals surface area contributed by atoms with Crippen molar-refractivity contribution in [2.75, 3.05) is 26.4 Å². The first-order chi connectivity index (χ1) is 17.6.